The summed E-state index contributed by atoms with van der Waals surface area (Å²) < 4.78 is 0. The Morgan fingerprint density at radius 1 is 0.595 bits per heavy atom. The minimum atomic E-state index is -0.833. The molecule has 7 rings (SSSR count). The molecule has 0 bridgehead atoms. The topological polar surface area (TPSA) is 53.4 Å². The van der Waals surface area contributed by atoms with E-state index in [9.17, 15) is 0 Å². The summed E-state index contributed by atoms with van der Waals surface area (Å²) in [5.74, 6) is 1.23. The van der Waals surface area contributed by atoms with E-state index >= 15 is 0 Å². The predicted molar refractivity (Wildman–Crippen MR) is 172 cm³/mol. The highest BCUT2D eigenvalue weighted by Crippen LogP contribution is 2.42. The molecule has 1 aliphatic heterocycles. The standard InChI is InChI=1S/C38H30N4/c1-2-27-17-15-16-26-32(27)34-33(28-18-7-3-8-19-28)39-36(40-34)37-41-35(29-20-9-4-10-21-29)38(42-37,30-22-11-5-12-23-30)31-24-13-6-14-25-31/h3-26H,2H2,1H3,(H,39,40). The van der Waals surface area contributed by atoms with Gasteiger partial charge in [0.15, 0.2) is 17.2 Å². The van der Waals surface area contributed by atoms with Crippen LogP contribution in [0.5, 0.6) is 0 Å². The molecule has 1 aliphatic rings. The molecule has 0 radical (unpaired) electrons. The number of H-pyrrole nitrogens is 1. The van der Waals surface area contributed by atoms with Crippen LogP contribution in [0.3, 0.4) is 0 Å². The molecule has 0 saturated heterocycles. The van der Waals surface area contributed by atoms with Crippen LogP contribution < -0.4 is 0 Å². The van der Waals surface area contributed by atoms with Crippen molar-refractivity contribution in [1.29, 1.82) is 0 Å². The average molecular weight is 543 g/mol. The third-order valence-corrected chi connectivity index (χ3v) is 7.89. The second kappa shape index (κ2) is 10.9. The Kier molecular flexibility index (Phi) is 6.65. The van der Waals surface area contributed by atoms with E-state index in [0.717, 1.165) is 51.3 Å². The van der Waals surface area contributed by atoms with E-state index < -0.39 is 5.54 Å². The zero-order valence-electron chi connectivity index (χ0n) is 23.4. The second-order valence-corrected chi connectivity index (χ2v) is 10.4. The van der Waals surface area contributed by atoms with Crippen molar-refractivity contribution in [3.05, 3.63) is 174 Å². The van der Waals surface area contributed by atoms with Crippen LogP contribution in [-0.4, -0.2) is 21.5 Å². The maximum Gasteiger partial charge on any atom is 0.193 e. The normalized spacial score (nSPS) is 13.9. The van der Waals surface area contributed by atoms with Crippen LogP contribution in [0.15, 0.2) is 156 Å². The molecular formula is C38H30N4. The molecule has 0 saturated carbocycles. The Balaban J connectivity index is 1.50. The predicted octanol–water partition coefficient (Wildman–Crippen LogP) is 8.50. The summed E-state index contributed by atoms with van der Waals surface area (Å²) in [5, 5.41) is 0. The summed E-state index contributed by atoms with van der Waals surface area (Å²) >= 11 is 0. The van der Waals surface area contributed by atoms with Gasteiger partial charge in [0.2, 0.25) is 0 Å². The van der Waals surface area contributed by atoms with Gasteiger partial charge in [-0.05, 0) is 28.7 Å². The molecule has 0 spiro atoms. The lowest BCUT2D eigenvalue weighted by Crippen LogP contribution is -2.33. The molecule has 4 heteroatoms. The van der Waals surface area contributed by atoms with Gasteiger partial charge in [0, 0.05) is 11.1 Å². The zero-order valence-corrected chi connectivity index (χ0v) is 23.4. The van der Waals surface area contributed by atoms with Crippen molar-refractivity contribution >= 4 is 11.5 Å². The van der Waals surface area contributed by atoms with E-state index in [1.807, 2.05) is 36.4 Å². The third kappa shape index (κ3) is 4.38. The molecule has 0 unspecified atom stereocenters. The lowest BCUT2D eigenvalue weighted by Gasteiger charge is -2.29. The Morgan fingerprint density at radius 2 is 1.12 bits per heavy atom. The van der Waals surface area contributed by atoms with Crippen molar-refractivity contribution in [3.63, 3.8) is 0 Å². The van der Waals surface area contributed by atoms with E-state index in [1.54, 1.807) is 0 Å². The Labute approximate surface area is 246 Å². The van der Waals surface area contributed by atoms with Crippen molar-refractivity contribution in [1.82, 2.24) is 9.97 Å². The highest BCUT2D eigenvalue weighted by molar-refractivity contribution is 6.21. The molecule has 6 aromatic rings. The number of benzene rings is 5. The number of nitrogens with one attached hydrogen (secondary N) is 1. The van der Waals surface area contributed by atoms with Gasteiger partial charge in [-0.2, -0.15) is 0 Å². The van der Waals surface area contributed by atoms with E-state index in [0.29, 0.717) is 11.7 Å². The lowest BCUT2D eigenvalue weighted by atomic mass is 9.77. The summed E-state index contributed by atoms with van der Waals surface area (Å²) in [4.78, 5) is 19.7. The van der Waals surface area contributed by atoms with E-state index in [4.69, 9.17) is 15.0 Å². The molecule has 42 heavy (non-hydrogen) atoms. The highest BCUT2D eigenvalue weighted by atomic mass is 15.1. The van der Waals surface area contributed by atoms with Gasteiger partial charge >= 0.3 is 0 Å². The quantitative estimate of drug-likeness (QED) is 0.216. The Hall–Kier alpha value is -5.35. The molecule has 1 aromatic heterocycles. The number of rotatable bonds is 7. The lowest BCUT2D eigenvalue weighted by molar-refractivity contribution is 0.747. The molecule has 4 nitrogen and oxygen atoms in total. The third-order valence-electron chi connectivity index (χ3n) is 7.89. The van der Waals surface area contributed by atoms with Crippen LogP contribution in [0, 0.1) is 0 Å². The van der Waals surface area contributed by atoms with Gasteiger partial charge in [-0.1, -0.05) is 153 Å². The van der Waals surface area contributed by atoms with Crippen LogP contribution >= 0.6 is 0 Å². The zero-order chi connectivity index (χ0) is 28.4. The van der Waals surface area contributed by atoms with Gasteiger partial charge in [0.1, 0.15) is 0 Å². The molecule has 1 N–H and O–H groups in total. The van der Waals surface area contributed by atoms with Crippen molar-refractivity contribution < 1.29 is 0 Å². The number of aromatic amines is 1. The number of amidine groups is 1. The van der Waals surface area contributed by atoms with Crippen LogP contribution in [0.25, 0.3) is 22.5 Å². The van der Waals surface area contributed by atoms with Gasteiger partial charge in [-0.15, -0.1) is 0 Å². The Bertz CT molecular complexity index is 1850. The van der Waals surface area contributed by atoms with Crippen LogP contribution in [-0.2, 0) is 12.0 Å². The fourth-order valence-corrected chi connectivity index (χ4v) is 5.88. The molecule has 202 valence electrons. The smallest absolute Gasteiger partial charge is 0.193 e. The average Bonchev–Trinajstić information content (AvgIpc) is 3.70. The van der Waals surface area contributed by atoms with E-state index in [1.165, 1.54) is 5.56 Å². The number of imidazole rings is 1. The van der Waals surface area contributed by atoms with Crippen molar-refractivity contribution in [2.75, 3.05) is 0 Å². The molecular weight excluding hydrogens is 512 g/mol. The minimum Gasteiger partial charge on any atom is -0.335 e. The first-order valence-corrected chi connectivity index (χ1v) is 14.4. The number of hydrogen-bond donors (Lipinski definition) is 1. The van der Waals surface area contributed by atoms with E-state index in [-0.39, 0.29) is 0 Å². The van der Waals surface area contributed by atoms with Crippen molar-refractivity contribution in [2.45, 2.75) is 18.9 Å². The van der Waals surface area contributed by atoms with Gasteiger partial charge in [0.25, 0.3) is 0 Å². The highest BCUT2D eigenvalue weighted by Gasteiger charge is 2.45. The first-order chi connectivity index (χ1) is 20.8. The van der Waals surface area contributed by atoms with E-state index in [2.05, 4.69) is 121 Å². The first kappa shape index (κ1) is 25.6. The number of hydrogen-bond acceptors (Lipinski definition) is 3. The fraction of sp³-hybridized carbons (Fsp3) is 0.0789. The number of nitrogens with zero attached hydrogens (tertiary/aromatic N) is 3. The second-order valence-electron chi connectivity index (χ2n) is 10.4. The monoisotopic (exact) mass is 542 g/mol. The van der Waals surface area contributed by atoms with Gasteiger partial charge < -0.3 is 4.98 Å². The number of aryl methyl sites for hydroxylation is 1. The minimum absolute atomic E-state index is 0.582. The van der Waals surface area contributed by atoms with Crippen LogP contribution in [0.4, 0.5) is 0 Å². The van der Waals surface area contributed by atoms with Crippen LogP contribution in [0.1, 0.15) is 35.0 Å². The number of aliphatic imine (C=N–C) groups is 2. The van der Waals surface area contributed by atoms with Gasteiger partial charge in [-0.3, -0.25) is 0 Å². The molecule has 5 aromatic carbocycles. The summed E-state index contributed by atoms with van der Waals surface area (Å²) in [5.41, 5.74) is 8.49. The van der Waals surface area contributed by atoms with Gasteiger partial charge in [0.05, 0.1) is 17.1 Å². The number of aromatic nitrogens is 2. The Morgan fingerprint density at radius 3 is 1.71 bits per heavy atom. The molecule has 0 aliphatic carbocycles. The summed E-state index contributed by atoms with van der Waals surface area (Å²) in [6.07, 6.45) is 0.918. The fourth-order valence-electron chi connectivity index (χ4n) is 5.88. The van der Waals surface area contributed by atoms with Gasteiger partial charge in [-0.25, -0.2) is 15.0 Å². The summed E-state index contributed by atoms with van der Waals surface area (Å²) in [7, 11) is 0. The van der Waals surface area contributed by atoms with Crippen molar-refractivity contribution in [2.24, 2.45) is 9.98 Å². The molecule has 0 atom stereocenters. The van der Waals surface area contributed by atoms with Crippen molar-refractivity contribution in [3.8, 4) is 22.5 Å². The van der Waals surface area contributed by atoms with Crippen LogP contribution in [0.2, 0.25) is 0 Å². The summed E-state index contributed by atoms with van der Waals surface area (Å²) in [6, 6.07) is 50.1. The SMILES string of the molecule is CCc1ccccc1-c1[nH]c(C2=NC(c3ccccc3)(c3ccccc3)C(c3ccccc3)=N2)nc1-c1ccccc1. The largest absolute Gasteiger partial charge is 0.335 e. The maximum absolute atomic E-state index is 5.49. The maximum atomic E-state index is 5.49. The molecule has 0 fully saturated rings. The molecule has 0 amide bonds. The summed E-state index contributed by atoms with van der Waals surface area (Å²) in [6.45, 7) is 2.18. The first-order valence-electron chi connectivity index (χ1n) is 14.4. The molecule has 2 heterocycles.